The van der Waals surface area contributed by atoms with Gasteiger partial charge in [0, 0.05) is 13.1 Å². The number of carbonyl (C=O) groups excluding carboxylic acids is 1. The summed E-state index contributed by atoms with van der Waals surface area (Å²) in [6, 6.07) is 0. The second-order valence-electron chi connectivity index (χ2n) is 6.36. The van der Waals surface area contributed by atoms with Crippen LogP contribution in [0.15, 0.2) is 0 Å². The van der Waals surface area contributed by atoms with Crippen molar-refractivity contribution in [1.29, 1.82) is 0 Å². The Morgan fingerprint density at radius 3 is 2.16 bits per heavy atom. The second-order valence-corrected chi connectivity index (χ2v) is 6.36. The van der Waals surface area contributed by atoms with Crippen LogP contribution >= 0.6 is 0 Å². The number of rotatable bonds is 1. The highest BCUT2D eigenvalue weighted by Crippen LogP contribution is 2.46. The van der Waals surface area contributed by atoms with E-state index in [1.807, 2.05) is 0 Å². The van der Waals surface area contributed by atoms with Crippen LogP contribution in [0.25, 0.3) is 0 Å². The molecule has 1 aliphatic carbocycles. The lowest BCUT2D eigenvalue weighted by Crippen LogP contribution is -2.45. The van der Waals surface area contributed by atoms with E-state index in [4.69, 9.17) is 0 Å². The molecule has 0 atom stereocenters. The molecule has 1 saturated heterocycles. The topological polar surface area (TPSA) is 20.3 Å². The zero-order valence-corrected chi connectivity index (χ0v) is 11.4. The third kappa shape index (κ3) is 3.86. The maximum atomic E-state index is 12.2. The van der Waals surface area contributed by atoms with Crippen molar-refractivity contribution in [2.24, 2.45) is 11.3 Å². The highest BCUT2D eigenvalue weighted by atomic mass is 19.4. The molecular formula is C14H22F3NO. The van der Waals surface area contributed by atoms with E-state index in [0.717, 1.165) is 18.8 Å². The van der Waals surface area contributed by atoms with Crippen LogP contribution in [0.2, 0.25) is 0 Å². The van der Waals surface area contributed by atoms with Gasteiger partial charge in [-0.3, -0.25) is 4.79 Å². The molecule has 1 amide bonds. The van der Waals surface area contributed by atoms with Crippen LogP contribution in [0.4, 0.5) is 13.2 Å². The molecule has 19 heavy (non-hydrogen) atoms. The number of hydrogen-bond donors (Lipinski definition) is 0. The first kappa shape index (κ1) is 14.7. The summed E-state index contributed by atoms with van der Waals surface area (Å²) < 4.78 is 36.6. The molecule has 5 heteroatoms. The molecule has 0 N–H and O–H groups in total. The van der Waals surface area contributed by atoms with E-state index >= 15 is 0 Å². The largest absolute Gasteiger partial charge is 0.397 e. The fraction of sp³-hybridized carbons (Fsp3) is 0.929. The molecule has 0 aromatic carbocycles. The average molecular weight is 277 g/mol. The summed E-state index contributed by atoms with van der Waals surface area (Å²) in [7, 11) is 0. The average Bonchev–Trinajstić information content (AvgIpc) is 2.32. The maximum absolute atomic E-state index is 12.2. The lowest BCUT2D eigenvalue weighted by Gasteiger charge is -2.45. The van der Waals surface area contributed by atoms with E-state index in [0.29, 0.717) is 18.5 Å². The Morgan fingerprint density at radius 2 is 1.68 bits per heavy atom. The summed E-state index contributed by atoms with van der Waals surface area (Å²) in [4.78, 5) is 12.9. The van der Waals surface area contributed by atoms with Crippen molar-refractivity contribution >= 4 is 5.91 Å². The zero-order valence-electron chi connectivity index (χ0n) is 11.4. The number of amides is 1. The normalized spacial score (nSPS) is 24.7. The van der Waals surface area contributed by atoms with Crippen molar-refractivity contribution < 1.29 is 18.0 Å². The molecule has 1 heterocycles. The molecule has 1 spiro atoms. The number of likely N-dealkylation sites (tertiary alicyclic amines) is 1. The van der Waals surface area contributed by atoms with Gasteiger partial charge >= 0.3 is 6.18 Å². The molecule has 0 radical (unpaired) electrons. The summed E-state index contributed by atoms with van der Waals surface area (Å²) >= 11 is 0. The Bertz CT molecular complexity index is 322. The Morgan fingerprint density at radius 1 is 1.16 bits per heavy atom. The van der Waals surface area contributed by atoms with E-state index in [1.165, 1.54) is 30.6 Å². The molecule has 0 aromatic heterocycles. The van der Waals surface area contributed by atoms with Gasteiger partial charge in [0.2, 0.25) is 5.91 Å². The van der Waals surface area contributed by atoms with Gasteiger partial charge in [0.05, 0.1) is 0 Å². The van der Waals surface area contributed by atoms with E-state index in [-0.39, 0.29) is 0 Å². The minimum absolute atomic E-state index is 0.307. The van der Waals surface area contributed by atoms with Crippen molar-refractivity contribution in [2.45, 2.75) is 58.0 Å². The number of piperidine rings is 1. The molecule has 2 rings (SSSR count). The Kier molecular flexibility index (Phi) is 4.11. The predicted molar refractivity (Wildman–Crippen MR) is 66.6 cm³/mol. The van der Waals surface area contributed by atoms with Gasteiger partial charge in [-0.15, -0.1) is 0 Å². The van der Waals surface area contributed by atoms with Crippen LogP contribution in [0.3, 0.4) is 0 Å². The first-order chi connectivity index (χ1) is 8.80. The van der Waals surface area contributed by atoms with Crippen LogP contribution in [0.1, 0.15) is 51.9 Å². The van der Waals surface area contributed by atoms with Crippen molar-refractivity contribution in [1.82, 2.24) is 4.90 Å². The van der Waals surface area contributed by atoms with Crippen molar-refractivity contribution in [3.05, 3.63) is 0 Å². The van der Waals surface area contributed by atoms with E-state index < -0.39 is 18.5 Å². The Balaban J connectivity index is 1.84. The van der Waals surface area contributed by atoms with Crippen LogP contribution in [-0.2, 0) is 4.79 Å². The van der Waals surface area contributed by atoms with Gasteiger partial charge in [-0.25, -0.2) is 0 Å². The third-order valence-corrected chi connectivity index (χ3v) is 4.86. The number of hydrogen-bond acceptors (Lipinski definition) is 1. The standard InChI is InChI=1S/C14H22F3NO/c1-11-2-4-13(5-3-11)6-8-18(9-7-13)12(19)10-14(15,16)17/h11H,2-10H2,1H3. The van der Waals surface area contributed by atoms with Crippen molar-refractivity contribution in [3.63, 3.8) is 0 Å². The minimum Gasteiger partial charge on any atom is -0.342 e. The predicted octanol–water partition coefficient (Wildman–Crippen LogP) is 3.76. The quantitative estimate of drug-likeness (QED) is 0.714. The van der Waals surface area contributed by atoms with Gasteiger partial charge in [-0.1, -0.05) is 19.8 Å². The van der Waals surface area contributed by atoms with Crippen LogP contribution in [0.5, 0.6) is 0 Å². The fourth-order valence-corrected chi connectivity index (χ4v) is 3.39. The highest BCUT2D eigenvalue weighted by molar-refractivity contribution is 5.76. The van der Waals surface area contributed by atoms with E-state index in [2.05, 4.69) is 6.92 Å². The van der Waals surface area contributed by atoms with Gasteiger partial charge in [0.25, 0.3) is 0 Å². The summed E-state index contributed by atoms with van der Waals surface area (Å²) in [5, 5.41) is 0. The van der Waals surface area contributed by atoms with Crippen molar-refractivity contribution in [2.75, 3.05) is 13.1 Å². The van der Waals surface area contributed by atoms with Crippen LogP contribution in [-0.4, -0.2) is 30.1 Å². The number of nitrogens with zero attached hydrogens (tertiary/aromatic N) is 1. The van der Waals surface area contributed by atoms with Gasteiger partial charge < -0.3 is 4.90 Å². The summed E-state index contributed by atoms with van der Waals surface area (Å²) in [6.07, 6.45) is 0.855. The zero-order chi connectivity index (χ0) is 14.1. The number of carbonyl (C=O) groups is 1. The molecule has 0 aromatic rings. The molecular weight excluding hydrogens is 255 g/mol. The van der Waals surface area contributed by atoms with Crippen LogP contribution < -0.4 is 0 Å². The molecule has 2 fully saturated rings. The summed E-state index contributed by atoms with van der Waals surface area (Å²) in [6.45, 7) is 3.27. The summed E-state index contributed by atoms with van der Waals surface area (Å²) in [5.41, 5.74) is 0.307. The summed E-state index contributed by atoms with van der Waals surface area (Å²) in [5.74, 6) is 0.0158. The first-order valence-corrected chi connectivity index (χ1v) is 7.14. The number of halogens is 3. The molecule has 0 unspecified atom stereocenters. The Labute approximate surface area is 112 Å². The van der Waals surface area contributed by atoms with Gasteiger partial charge in [-0.2, -0.15) is 13.2 Å². The van der Waals surface area contributed by atoms with Gasteiger partial charge in [0.15, 0.2) is 0 Å². The molecule has 0 bridgehead atoms. The lowest BCUT2D eigenvalue weighted by molar-refractivity contribution is -0.163. The lowest BCUT2D eigenvalue weighted by atomic mass is 9.66. The molecule has 110 valence electrons. The van der Waals surface area contributed by atoms with E-state index in [1.54, 1.807) is 0 Å². The van der Waals surface area contributed by atoms with Crippen molar-refractivity contribution in [3.8, 4) is 0 Å². The molecule has 1 saturated carbocycles. The third-order valence-electron chi connectivity index (χ3n) is 4.86. The second kappa shape index (κ2) is 5.33. The van der Waals surface area contributed by atoms with Gasteiger partial charge in [-0.05, 0) is 37.0 Å². The minimum atomic E-state index is -4.38. The highest BCUT2D eigenvalue weighted by Gasteiger charge is 2.40. The molecule has 2 nitrogen and oxygen atoms in total. The maximum Gasteiger partial charge on any atom is 0.397 e. The first-order valence-electron chi connectivity index (χ1n) is 7.14. The molecule has 1 aliphatic heterocycles. The smallest absolute Gasteiger partial charge is 0.342 e. The fourth-order valence-electron chi connectivity index (χ4n) is 3.39. The Hall–Kier alpha value is -0.740. The SMILES string of the molecule is CC1CCC2(CC1)CCN(C(=O)CC(F)(F)F)CC2. The van der Waals surface area contributed by atoms with E-state index in [9.17, 15) is 18.0 Å². The number of alkyl halides is 3. The molecule has 2 aliphatic rings. The van der Waals surface area contributed by atoms with Gasteiger partial charge in [0.1, 0.15) is 6.42 Å². The monoisotopic (exact) mass is 277 g/mol. The van der Waals surface area contributed by atoms with Crippen LogP contribution in [0, 0.1) is 11.3 Å².